The molecule has 0 bridgehead atoms. The van der Waals surface area contributed by atoms with E-state index in [4.69, 9.17) is 5.73 Å². The number of pyridine rings is 1. The first-order chi connectivity index (χ1) is 8.98. The largest absolute Gasteiger partial charge is 0.462 e. The van der Waals surface area contributed by atoms with Crippen LogP contribution in [0.15, 0.2) is 6.07 Å². The number of nitrogens with zero attached hydrogens (tertiary/aromatic N) is 1. The van der Waals surface area contributed by atoms with Crippen molar-refractivity contribution in [3.63, 3.8) is 0 Å². The van der Waals surface area contributed by atoms with Crippen LogP contribution in [-0.4, -0.2) is 17.6 Å². The summed E-state index contributed by atoms with van der Waals surface area (Å²) in [5.74, 6) is -1.49. The first-order valence-corrected chi connectivity index (χ1v) is 5.10. The van der Waals surface area contributed by atoms with Crippen LogP contribution in [-0.2, 0) is 17.1 Å². The number of carbonyl (C=O) groups excluding carboxylic acids is 1. The smallest absolute Gasteiger partial charge is 0.434 e. The third kappa shape index (κ3) is 3.31. The minimum absolute atomic E-state index is 0.154. The lowest BCUT2D eigenvalue weighted by molar-refractivity contribution is -0.150. The molecule has 112 valence electrons. The highest BCUT2D eigenvalue weighted by Gasteiger charge is 2.43. The number of nitrogens with two attached hydrogens (primary N) is 1. The Hall–Kier alpha value is -2.00. The number of hydrogen-bond acceptors (Lipinski definition) is 4. The Morgan fingerprint density at radius 3 is 2.20 bits per heavy atom. The Kier molecular flexibility index (Phi) is 4.15. The lowest BCUT2D eigenvalue weighted by Gasteiger charge is -2.16. The fourth-order valence-electron chi connectivity index (χ4n) is 1.33. The number of alkyl halides is 6. The van der Waals surface area contributed by atoms with E-state index in [-0.39, 0.29) is 12.7 Å². The summed E-state index contributed by atoms with van der Waals surface area (Å²) in [7, 11) is 0. The Balaban J connectivity index is 3.56. The average Bonchev–Trinajstić information content (AvgIpc) is 2.25. The SMILES string of the molecule is CCOC(=O)c1c(N)cc(C(F)(F)F)nc1C(F)(F)F. The number of rotatable bonds is 2. The lowest BCUT2D eigenvalue weighted by Crippen LogP contribution is -2.22. The van der Waals surface area contributed by atoms with Gasteiger partial charge in [0.2, 0.25) is 0 Å². The van der Waals surface area contributed by atoms with Gasteiger partial charge in [-0.1, -0.05) is 0 Å². The van der Waals surface area contributed by atoms with E-state index in [1.807, 2.05) is 0 Å². The van der Waals surface area contributed by atoms with E-state index >= 15 is 0 Å². The van der Waals surface area contributed by atoms with E-state index in [9.17, 15) is 31.1 Å². The van der Waals surface area contributed by atoms with Crippen LogP contribution in [0.3, 0.4) is 0 Å². The first-order valence-electron chi connectivity index (χ1n) is 5.10. The van der Waals surface area contributed by atoms with E-state index in [1.165, 1.54) is 6.92 Å². The van der Waals surface area contributed by atoms with Gasteiger partial charge in [0.15, 0.2) is 5.69 Å². The molecule has 0 amide bonds. The van der Waals surface area contributed by atoms with Crippen LogP contribution in [0.5, 0.6) is 0 Å². The molecule has 10 heteroatoms. The molecule has 0 saturated carbocycles. The third-order valence-electron chi connectivity index (χ3n) is 2.09. The van der Waals surface area contributed by atoms with Crippen molar-refractivity contribution < 1.29 is 35.9 Å². The van der Waals surface area contributed by atoms with Crippen molar-refractivity contribution >= 4 is 11.7 Å². The molecule has 0 atom stereocenters. The number of hydrogen-bond donors (Lipinski definition) is 1. The highest BCUT2D eigenvalue weighted by Crippen LogP contribution is 2.37. The summed E-state index contributed by atoms with van der Waals surface area (Å²) in [5.41, 5.74) is -0.988. The van der Waals surface area contributed by atoms with Crippen LogP contribution in [0.2, 0.25) is 0 Å². The van der Waals surface area contributed by atoms with Crippen molar-refractivity contribution in [2.24, 2.45) is 0 Å². The number of esters is 1. The molecule has 1 heterocycles. The Labute approximate surface area is 108 Å². The summed E-state index contributed by atoms with van der Waals surface area (Å²) in [6.45, 7) is 1.05. The summed E-state index contributed by atoms with van der Waals surface area (Å²) < 4.78 is 79.7. The quantitative estimate of drug-likeness (QED) is 0.674. The van der Waals surface area contributed by atoms with Gasteiger partial charge in [0, 0.05) is 0 Å². The van der Waals surface area contributed by atoms with Crippen LogP contribution in [0.25, 0.3) is 0 Å². The summed E-state index contributed by atoms with van der Waals surface area (Å²) >= 11 is 0. The van der Waals surface area contributed by atoms with Gasteiger partial charge in [0.1, 0.15) is 11.3 Å². The highest BCUT2D eigenvalue weighted by atomic mass is 19.4. The predicted molar refractivity (Wildman–Crippen MR) is 54.6 cm³/mol. The number of aromatic nitrogens is 1. The van der Waals surface area contributed by atoms with Crippen LogP contribution < -0.4 is 5.73 Å². The predicted octanol–water partition coefficient (Wildman–Crippen LogP) is 2.88. The van der Waals surface area contributed by atoms with Gasteiger partial charge in [-0.15, -0.1) is 0 Å². The second kappa shape index (κ2) is 5.17. The molecular weight excluding hydrogens is 294 g/mol. The Bertz CT molecular complexity index is 524. The topological polar surface area (TPSA) is 65.2 Å². The van der Waals surface area contributed by atoms with Gasteiger partial charge in [-0.05, 0) is 13.0 Å². The maximum absolute atomic E-state index is 12.7. The van der Waals surface area contributed by atoms with Crippen molar-refractivity contribution in [2.45, 2.75) is 19.3 Å². The highest BCUT2D eigenvalue weighted by molar-refractivity contribution is 5.96. The Morgan fingerprint density at radius 1 is 1.25 bits per heavy atom. The van der Waals surface area contributed by atoms with Crippen LogP contribution in [0.4, 0.5) is 32.0 Å². The van der Waals surface area contributed by atoms with Gasteiger partial charge in [-0.2, -0.15) is 26.3 Å². The number of anilines is 1. The van der Waals surface area contributed by atoms with Crippen molar-refractivity contribution in [2.75, 3.05) is 12.3 Å². The van der Waals surface area contributed by atoms with Gasteiger partial charge in [-0.3, -0.25) is 0 Å². The molecule has 4 nitrogen and oxygen atoms in total. The molecule has 0 saturated heterocycles. The van der Waals surface area contributed by atoms with E-state index < -0.39 is 41.0 Å². The Morgan fingerprint density at radius 2 is 1.80 bits per heavy atom. The van der Waals surface area contributed by atoms with Crippen molar-refractivity contribution in [3.05, 3.63) is 23.0 Å². The molecule has 0 aliphatic rings. The number of carbonyl (C=O) groups is 1. The molecule has 0 unspecified atom stereocenters. The average molecular weight is 302 g/mol. The molecular formula is C10H8F6N2O2. The molecule has 1 aromatic heterocycles. The van der Waals surface area contributed by atoms with E-state index in [1.54, 1.807) is 0 Å². The molecule has 0 aliphatic heterocycles. The van der Waals surface area contributed by atoms with Gasteiger partial charge >= 0.3 is 18.3 Å². The monoisotopic (exact) mass is 302 g/mol. The van der Waals surface area contributed by atoms with Gasteiger partial charge in [0.05, 0.1) is 12.3 Å². The minimum atomic E-state index is -5.28. The third-order valence-corrected chi connectivity index (χ3v) is 2.09. The summed E-state index contributed by atoms with van der Waals surface area (Å²) in [5, 5.41) is 0. The zero-order valence-electron chi connectivity index (χ0n) is 9.89. The normalized spacial score (nSPS) is 12.3. The second-order valence-electron chi connectivity index (χ2n) is 3.54. The maximum Gasteiger partial charge on any atom is 0.434 e. The molecule has 1 rings (SSSR count). The maximum atomic E-state index is 12.7. The van der Waals surface area contributed by atoms with Crippen molar-refractivity contribution in [1.29, 1.82) is 0 Å². The van der Waals surface area contributed by atoms with Crippen molar-refractivity contribution in [1.82, 2.24) is 4.98 Å². The fourth-order valence-corrected chi connectivity index (χ4v) is 1.33. The summed E-state index contributed by atoms with van der Waals surface area (Å²) in [4.78, 5) is 13.8. The van der Waals surface area contributed by atoms with E-state index in [0.717, 1.165) is 0 Å². The molecule has 0 aliphatic carbocycles. The molecule has 1 aromatic rings. The lowest BCUT2D eigenvalue weighted by atomic mass is 10.1. The van der Waals surface area contributed by atoms with Gasteiger partial charge in [-0.25, -0.2) is 9.78 Å². The van der Waals surface area contributed by atoms with Crippen LogP contribution in [0.1, 0.15) is 28.7 Å². The first kappa shape index (κ1) is 16.1. The number of nitrogen functional groups attached to an aromatic ring is 1. The van der Waals surface area contributed by atoms with E-state index in [2.05, 4.69) is 9.72 Å². The second-order valence-corrected chi connectivity index (χ2v) is 3.54. The molecule has 0 radical (unpaired) electrons. The number of halogens is 6. The zero-order chi connectivity index (χ0) is 15.7. The van der Waals surface area contributed by atoms with Crippen molar-refractivity contribution in [3.8, 4) is 0 Å². The zero-order valence-corrected chi connectivity index (χ0v) is 9.89. The fraction of sp³-hybridized carbons (Fsp3) is 0.400. The molecule has 0 aromatic carbocycles. The van der Waals surface area contributed by atoms with Gasteiger partial charge < -0.3 is 10.5 Å². The summed E-state index contributed by atoms with van der Waals surface area (Å²) in [6.07, 6.45) is -10.4. The van der Waals surface area contributed by atoms with Crippen LogP contribution in [0, 0.1) is 0 Å². The minimum Gasteiger partial charge on any atom is -0.462 e. The summed E-state index contributed by atoms with van der Waals surface area (Å²) in [6, 6.07) is 0.154. The molecule has 0 spiro atoms. The molecule has 20 heavy (non-hydrogen) atoms. The van der Waals surface area contributed by atoms with Crippen LogP contribution >= 0.6 is 0 Å². The standard InChI is InChI=1S/C10H8F6N2O2/c1-2-20-8(19)6-4(17)3-5(9(11,12)13)18-7(6)10(14,15)16/h3H,2H2,1H3,(H2,17,18). The molecule has 0 fully saturated rings. The number of ether oxygens (including phenoxy) is 1. The van der Waals surface area contributed by atoms with Gasteiger partial charge in [0.25, 0.3) is 0 Å². The molecule has 2 N–H and O–H groups in total. The van der Waals surface area contributed by atoms with E-state index in [0.29, 0.717) is 0 Å².